The first-order chi connectivity index (χ1) is 25.7. The van der Waals surface area contributed by atoms with Crippen LogP contribution in [0.3, 0.4) is 0 Å². The number of aromatic nitrogens is 4. The van der Waals surface area contributed by atoms with E-state index in [4.69, 9.17) is 9.97 Å². The van der Waals surface area contributed by atoms with Gasteiger partial charge in [0, 0.05) is 52.3 Å². The largest absolute Gasteiger partial charge is 0.264 e. The maximum atomic E-state index is 5.33. The molecule has 242 valence electrons. The number of rotatable bonds is 5. The van der Waals surface area contributed by atoms with Crippen LogP contribution in [0, 0.1) is 0 Å². The molecule has 7 aromatic carbocycles. The fourth-order valence-electron chi connectivity index (χ4n) is 7.39. The molecule has 0 saturated carbocycles. The minimum absolute atomic E-state index is 0.667. The van der Waals surface area contributed by atoms with Crippen molar-refractivity contribution < 1.29 is 0 Å². The topological polar surface area (TPSA) is 51.6 Å². The van der Waals surface area contributed by atoms with Crippen LogP contribution in [0.2, 0.25) is 0 Å². The summed E-state index contributed by atoms with van der Waals surface area (Å²) in [6, 6.07) is 55.9. The number of hydrogen-bond donors (Lipinski definition) is 0. The number of nitrogens with zero attached hydrogens (tertiary/aromatic N) is 4. The van der Waals surface area contributed by atoms with E-state index in [0.29, 0.717) is 5.82 Å². The van der Waals surface area contributed by atoms with E-state index in [0.717, 1.165) is 71.9 Å². The third kappa shape index (κ3) is 5.34. The molecular weight excluding hydrogens is 633 g/mol. The molecule has 0 N–H and O–H groups in total. The molecule has 10 rings (SSSR count). The summed E-state index contributed by atoms with van der Waals surface area (Å²) < 4.78 is 0. The van der Waals surface area contributed by atoms with E-state index in [1.54, 1.807) is 0 Å². The van der Waals surface area contributed by atoms with Crippen molar-refractivity contribution in [2.45, 2.75) is 0 Å². The molecule has 4 nitrogen and oxygen atoms in total. The van der Waals surface area contributed by atoms with Crippen LogP contribution in [-0.4, -0.2) is 19.9 Å². The maximum Gasteiger partial charge on any atom is 0.160 e. The van der Waals surface area contributed by atoms with Crippen LogP contribution in [0.1, 0.15) is 0 Å². The summed E-state index contributed by atoms with van der Waals surface area (Å²) in [6.45, 7) is 0. The monoisotopic (exact) mass is 662 g/mol. The van der Waals surface area contributed by atoms with Gasteiger partial charge in [0.2, 0.25) is 0 Å². The molecule has 0 amide bonds. The Balaban J connectivity index is 1.24. The van der Waals surface area contributed by atoms with Gasteiger partial charge in [0.25, 0.3) is 0 Å². The van der Waals surface area contributed by atoms with Crippen LogP contribution in [0.25, 0.3) is 99.2 Å². The second kappa shape index (κ2) is 12.4. The quantitative estimate of drug-likeness (QED) is 0.184. The van der Waals surface area contributed by atoms with Gasteiger partial charge in [-0.05, 0) is 103 Å². The predicted molar refractivity (Wildman–Crippen MR) is 215 cm³/mol. The van der Waals surface area contributed by atoms with E-state index in [-0.39, 0.29) is 0 Å². The average Bonchev–Trinajstić information content (AvgIpc) is 3.22. The third-order valence-electron chi connectivity index (χ3n) is 9.99. The lowest BCUT2D eigenvalue weighted by Gasteiger charge is -2.15. The molecule has 0 fully saturated rings. The normalized spacial score (nSPS) is 11.5. The number of benzene rings is 7. The maximum absolute atomic E-state index is 5.33. The van der Waals surface area contributed by atoms with Crippen molar-refractivity contribution in [1.29, 1.82) is 0 Å². The molecular formula is C48H30N4. The molecule has 52 heavy (non-hydrogen) atoms. The van der Waals surface area contributed by atoms with Crippen molar-refractivity contribution in [1.82, 2.24) is 19.9 Å². The minimum Gasteiger partial charge on any atom is -0.264 e. The number of pyridine rings is 2. The summed E-state index contributed by atoms with van der Waals surface area (Å²) in [5.41, 5.74) is 9.21. The Morgan fingerprint density at radius 1 is 0.308 bits per heavy atom. The zero-order valence-corrected chi connectivity index (χ0v) is 28.1. The van der Waals surface area contributed by atoms with E-state index in [2.05, 4.69) is 168 Å². The minimum atomic E-state index is 0.667. The molecule has 0 saturated heterocycles. The fourth-order valence-corrected chi connectivity index (χ4v) is 7.39. The van der Waals surface area contributed by atoms with Crippen LogP contribution >= 0.6 is 0 Å². The summed E-state index contributed by atoms with van der Waals surface area (Å²) in [7, 11) is 0. The van der Waals surface area contributed by atoms with Gasteiger partial charge in [-0.15, -0.1) is 0 Å². The van der Waals surface area contributed by atoms with E-state index >= 15 is 0 Å². The van der Waals surface area contributed by atoms with Crippen molar-refractivity contribution in [2.24, 2.45) is 0 Å². The average molecular weight is 663 g/mol. The Morgan fingerprint density at radius 3 is 1.29 bits per heavy atom. The van der Waals surface area contributed by atoms with Crippen molar-refractivity contribution in [3.05, 3.63) is 183 Å². The number of fused-ring (bicyclic) bond motifs is 4. The van der Waals surface area contributed by atoms with Gasteiger partial charge >= 0.3 is 0 Å². The molecule has 10 aromatic rings. The highest BCUT2D eigenvalue weighted by molar-refractivity contribution is 6.01. The molecule has 0 radical (unpaired) electrons. The van der Waals surface area contributed by atoms with E-state index in [1.165, 1.54) is 21.5 Å². The molecule has 0 bridgehead atoms. The zero-order chi connectivity index (χ0) is 34.4. The Kier molecular flexibility index (Phi) is 7.10. The fraction of sp³-hybridized carbons (Fsp3) is 0. The van der Waals surface area contributed by atoms with Gasteiger partial charge in [-0.2, -0.15) is 0 Å². The van der Waals surface area contributed by atoms with Crippen molar-refractivity contribution >= 4 is 43.1 Å². The molecule has 3 heterocycles. The first-order valence-corrected chi connectivity index (χ1v) is 17.4. The highest BCUT2D eigenvalue weighted by Gasteiger charge is 2.16. The van der Waals surface area contributed by atoms with Gasteiger partial charge in [-0.3, -0.25) is 9.97 Å². The second-order valence-electron chi connectivity index (χ2n) is 13.2. The highest BCUT2D eigenvalue weighted by Crippen LogP contribution is 2.38. The smallest absolute Gasteiger partial charge is 0.160 e. The lowest BCUT2D eigenvalue weighted by atomic mass is 9.91. The Hall–Kier alpha value is -7.04. The Bertz CT molecular complexity index is 2780. The lowest BCUT2D eigenvalue weighted by molar-refractivity contribution is 1.18. The Labute approximate surface area is 300 Å². The van der Waals surface area contributed by atoms with Crippen molar-refractivity contribution in [2.75, 3.05) is 0 Å². The van der Waals surface area contributed by atoms with Crippen LogP contribution in [0.15, 0.2) is 183 Å². The zero-order valence-electron chi connectivity index (χ0n) is 28.1. The van der Waals surface area contributed by atoms with Crippen molar-refractivity contribution in [3.8, 4) is 56.2 Å². The third-order valence-corrected chi connectivity index (χ3v) is 9.99. The molecule has 0 aliphatic carbocycles. The van der Waals surface area contributed by atoms with Gasteiger partial charge < -0.3 is 0 Å². The van der Waals surface area contributed by atoms with E-state index in [1.807, 2.05) is 24.8 Å². The summed E-state index contributed by atoms with van der Waals surface area (Å²) in [5.74, 6) is 0.667. The predicted octanol–water partition coefficient (Wildman–Crippen LogP) is 12.2. The molecule has 0 unspecified atom stereocenters. The van der Waals surface area contributed by atoms with Gasteiger partial charge in [0.1, 0.15) is 0 Å². The summed E-state index contributed by atoms with van der Waals surface area (Å²) >= 11 is 0. The second-order valence-corrected chi connectivity index (χ2v) is 13.2. The molecule has 0 spiro atoms. The molecule has 0 atom stereocenters. The molecule has 0 aliphatic heterocycles. The first-order valence-electron chi connectivity index (χ1n) is 17.4. The van der Waals surface area contributed by atoms with Crippen LogP contribution < -0.4 is 0 Å². The SMILES string of the molecule is c1ccc2cc(-c3cc(-c4ccc5ccccc5c4)nc(-c4cc(-c5cccc6cnccc56)cc(-c5cccc6cnccc56)c4)n3)ccc2c1. The standard InChI is InChI=1S/C48H30N4/c1-3-9-33-23-35(17-15-31(33)7-1)46-28-47(36-18-16-32-8-2-4-10-34(32)24-36)52-48(51-46)41-26-39(42-13-5-11-37-29-49-21-19-44(37)42)25-40(27-41)43-14-6-12-38-30-50-22-20-45(38)43/h1-30H. The van der Waals surface area contributed by atoms with Crippen LogP contribution in [0.5, 0.6) is 0 Å². The van der Waals surface area contributed by atoms with E-state index in [9.17, 15) is 0 Å². The van der Waals surface area contributed by atoms with Gasteiger partial charge in [-0.25, -0.2) is 9.97 Å². The summed E-state index contributed by atoms with van der Waals surface area (Å²) in [4.78, 5) is 19.5. The van der Waals surface area contributed by atoms with Crippen LogP contribution in [0.4, 0.5) is 0 Å². The number of hydrogen-bond acceptors (Lipinski definition) is 4. The lowest BCUT2D eigenvalue weighted by Crippen LogP contribution is -1.97. The van der Waals surface area contributed by atoms with Crippen LogP contribution in [-0.2, 0) is 0 Å². The summed E-state index contributed by atoms with van der Waals surface area (Å²) in [5, 5.41) is 9.22. The Morgan fingerprint density at radius 2 is 0.769 bits per heavy atom. The van der Waals surface area contributed by atoms with Gasteiger partial charge in [0.15, 0.2) is 5.82 Å². The van der Waals surface area contributed by atoms with Crippen molar-refractivity contribution in [3.63, 3.8) is 0 Å². The molecule has 4 heteroatoms. The molecule has 3 aromatic heterocycles. The summed E-state index contributed by atoms with van der Waals surface area (Å²) in [6.07, 6.45) is 7.57. The van der Waals surface area contributed by atoms with Gasteiger partial charge in [-0.1, -0.05) is 109 Å². The first kappa shape index (κ1) is 29.8. The van der Waals surface area contributed by atoms with E-state index < -0.39 is 0 Å². The molecule has 0 aliphatic rings. The van der Waals surface area contributed by atoms with Gasteiger partial charge in [0.05, 0.1) is 11.4 Å². The highest BCUT2D eigenvalue weighted by atomic mass is 14.9.